The summed E-state index contributed by atoms with van der Waals surface area (Å²) in [4.78, 5) is 3.93. The molecule has 0 aliphatic carbocycles. The number of rotatable bonds is 1. The van der Waals surface area contributed by atoms with Crippen molar-refractivity contribution in [2.24, 2.45) is 0 Å². The van der Waals surface area contributed by atoms with Crippen molar-refractivity contribution in [1.82, 2.24) is 15.2 Å². The van der Waals surface area contributed by atoms with E-state index in [0.29, 0.717) is 10.8 Å². The molecule has 0 atom stereocenters. The molecule has 2 aromatic heterocycles. The fraction of sp³-hybridized carbons (Fsp3) is 0. The van der Waals surface area contributed by atoms with Crippen molar-refractivity contribution < 1.29 is 0 Å². The van der Waals surface area contributed by atoms with Crippen LogP contribution < -0.4 is 5.73 Å². The van der Waals surface area contributed by atoms with Gasteiger partial charge in [-0.15, -0.1) is 0 Å². The average molecular weight is 195 g/mol. The maximum absolute atomic E-state index is 5.81. The maximum Gasteiger partial charge on any atom is 0.142 e. The van der Waals surface area contributed by atoms with Gasteiger partial charge in [-0.25, -0.2) is 4.98 Å². The molecule has 2 aromatic rings. The summed E-state index contributed by atoms with van der Waals surface area (Å²) >= 11 is 5.81. The number of aromatic nitrogens is 3. The third-order valence-electron chi connectivity index (χ3n) is 1.68. The first-order valence-corrected chi connectivity index (χ1v) is 4.06. The van der Waals surface area contributed by atoms with Gasteiger partial charge in [0.2, 0.25) is 0 Å². The number of halogens is 1. The molecule has 0 saturated carbocycles. The van der Waals surface area contributed by atoms with Crippen molar-refractivity contribution in [1.29, 1.82) is 0 Å². The lowest BCUT2D eigenvalue weighted by Gasteiger charge is -1.99. The second-order valence-corrected chi connectivity index (χ2v) is 2.97. The Morgan fingerprint density at radius 1 is 1.46 bits per heavy atom. The highest BCUT2D eigenvalue weighted by Gasteiger charge is 2.02. The van der Waals surface area contributed by atoms with Crippen LogP contribution >= 0.6 is 11.6 Å². The van der Waals surface area contributed by atoms with Gasteiger partial charge in [0.05, 0.1) is 10.7 Å². The number of H-pyrrole nitrogens is 1. The number of pyridine rings is 1. The van der Waals surface area contributed by atoms with E-state index < -0.39 is 0 Å². The van der Waals surface area contributed by atoms with E-state index in [1.165, 1.54) is 0 Å². The van der Waals surface area contributed by atoms with Gasteiger partial charge >= 0.3 is 0 Å². The van der Waals surface area contributed by atoms with Crippen LogP contribution in [0.5, 0.6) is 0 Å². The summed E-state index contributed by atoms with van der Waals surface area (Å²) in [5.41, 5.74) is 7.21. The zero-order valence-corrected chi connectivity index (χ0v) is 7.42. The lowest BCUT2D eigenvalue weighted by molar-refractivity contribution is 1.09. The minimum Gasteiger partial charge on any atom is -0.382 e. The molecule has 13 heavy (non-hydrogen) atoms. The van der Waals surface area contributed by atoms with Gasteiger partial charge in [-0.05, 0) is 12.1 Å². The highest BCUT2D eigenvalue weighted by atomic mass is 35.5. The first kappa shape index (κ1) is 8.07. The number of hydrogen-bond acceptors (Lipinski definition) is 3. The Labute approximate surface area is 79.7 Å². The molecule has 0 aromatic carbocycles. The van der Waals surface area contributed by atoms with Crippen LogP contribution in [0, 0.1) is 0 Å². The maximum atomic E-state index is 5.81. The van der Waals surface area contributed by atoms with Crippen LogP contribution in [0.15, 0.2) is 24.5 Å². The summed E-state index contributed by atoms with van der Waals surface area (Å²) in [6.45, 7) is 0. The zero-order chi connectivity index (χ0) is 9.26. The van der Waals surface area contributed by atoms with E-state index >= 15 is 0 Å². The van der Waals surface area contributed by atoms with E-state index in [1.54, 1.807) is 18.5 Å². The van der Waals surface area contributed by atoms with Gasteiger partial charge in [0.1, 0.15) is 5.82 Å². The SMILES string of the molecule is Nc1ncc(-c2ccn[nH]2)cc1Cl. The van der Waals surface area contributed by atoms with Crippen LogP contribution in [0.4, 0.5) is 5.82 Å². The number of aromatic amines is 1. The highest BCUT2D eigenvalue weighted by molar-refractivity contribution is 6.33. The standard InChI is InChI=1S/C8H7ClN4/c9-6-3-5(4-11-8(6)10)7-1-2-12-13-7/h1-4H,(H2,10,11)(H,12,13). The molecule has 2 rings (SSSR count). The third-order valence-corrected chi connectivity index (χ3v) is 1.98. The smallest absolute Gasteiger partial charge is 0.142 e. The second-order valence-electron chi connectivity index (χ2n) is 2.56. The van der Waals surface area contributed by atoms with Crippen molar-refractivity contribution in [3.8, 4) is 11.3 Å². The van der Waals surface area contributed by atoms with E-state index in [-0.39, 0.29) is 0 Å². The van der Waals surface area contributed by atoms with E-state index in [2.05, 4.69) is 15.2 Å². The molecule has 0 radical (unpaired) electrons. The molecule has 66 valence electrons. The van der Waals surface area contributed by atoms with Crippen molar-refractivity contribution >= 4 is 17.4 Å². The van der Waals surface area contributed by atoms with Gasteiger partial charge < -0.3 is 5.73 Å². The summed E-state index contributed by atoms with van der Waals surface area (Å²) in [7, 11) is 0. The van der Waals surface area contributed by atoms with Gasteiger partial charge in [0.25, 0.3) is 0 Å². The van der Waals surface area contributed by atoms with Crippen molar-refractivity contribution in [3.63, 3.8) is 0 Å². The lowest BCUT2D eigenvalue weighted by atomic mass is 10.2. The average Bonchev–Trinajstić information content (AvgIpc) is 2.62. The van der Waals surface area contributed by atoms with Crippen LogP contribution in [0.25, 0.3) is 11.3 Å². The molecular weight excluding hydrogens is 188 g/mol. The van der Waals surface area contributed by atoms with Gasteiger partial charge in [-0.1, -0.05) is 11.6 Å². The van der Waals surface area contributed by atoms with Gasteiger partial charge in [0.15, 0.2) is 0 Å². The molecular formula is C8H7ClN4. The third kappa shape index (κ3) is 1.48. The fourth-order valence-electron chi connectivity index (χ4n) is 1.01. The Morgan fingerprint density at radius 2 is 2.31 bits per heavy atom. The summed E-state index contributed by atoms with van der Waals surface area (Å²) in [6.07, 6.45) is 3.31. The van der Waals surface area contributed by atoms with E-state index in [9.17, 15) is 0 Å². The van der Waals surface area contributed by atoms with Crippen LogP contribution in [0.3, 0.4) is 0 Å². The summed E-state index contributed by atoms with van der Waals surface area (Å²) < 4.78 is 0. The number of anilines is 1. The zero-order valence-electron chi connectivity index (χ0n) is 6.66. The number of nitrogens with one attached hydrogen (secondary N) is 1. The molecule has 3 N–H and O–H groups in total. The van der Waals surface area contributed by atoms with Crippen molar-refractivity contribution in [2.75, 3.05) is 5.73 Å². The summed E-state index contributed by atoms with van der Waals surface area (Å²) in [5.74, 6) is 0.338. The molecule has 0 fully saturated rings. The predicted octanol–water partition coefficient (Wildman–Crippen LogP) is 1.71. The Kier molecular flexibility index (Phi) is 1.90. The topological polar surface area (TPSA) is 67.6 Å². The highest BCUT2D eigenvalue weighted by Crippen LogP contribution is 2.22. The molecule has 0 bridgehead atoms. The summed E-state index contributed by atoms with van der Waals surface area (Å²) in [5, 5.41) is 7.09. The number of nitrogens with two attached hydrogens (primary N) is 1. The number of nitrogen functional groups attached to an aromatic ring is 1. The molecule has 0 aliphatic rings. The first-order chi connectivity index (χ1) is 6.27. The molecule has 0 saturated heterocycles. The first-order valence-electron chi connectivity index (χ1n) is 3.68. The molecule has 5 heteroatoms. The van der Waals surface area contributed by atoms with Crippen molar-refractivity contribution in [3.05, 3.63) is 29.5 Å². The second kappa shape index (κ2) is 3.06. The Balaban J connectivity index is 2.49. The molecule has 0 spiro atoms. The van der Waals surface area contributed by atoms with Crippen LogP contribution in [-0.2, 0) is 0 Å². The van der Waals surface area contributed by atoms with E-state index in [4.69, 9.17) is 17.3 Å². The molecule has 0 amide bonds. The number of hydrogen-bond donors (Lipinski definition) is 2. The van der Waals surface area contributed by atoms with Crippen molar-refractivity contribution in [2.45, 2.75) is 0 Å². The molecule has 0 unspecified atom stereocenters. The molecule has 4 nitrogen and oxygen atoms in total. The van der Waals surface area contributed by atoms with Gasteiger partial charge in [0, 0.05) is 18.0 Å². The minimum atomic E-state index is 0.338. The summed E-state index contributed by atoms with van der Waals surface area (Å²) in [6, 6.07) is 3.58. The van der Waals surface area contributed by atoms with Crippen LogP contribution in [0.1, 0.15) is 0 Å². The largest absolute Gasteiger partial charge is 0.382 e. The Hall–Kier alpha value is -1.55. The predicted molar refractivity (Wildman–Crippen MR) is 51.2 cm³/mol. The van der Waals surface area contributed by atoms with Gasteiger partial charge in [-0.3, -0.25) is 5.10 Å². The normalized spacial score (nSPS) is 10.2. The molecule has 0 aliphatic heterocycles. The Morgan fingerprint density at radius 3 is 2.92 bits per heavy atom. The van der Waals surface area contributed by atoms with Crippen LogP contribution in [0.2, 0.25) is 5.02 Å². The quantitative estimate of drug-likeness (QED) is 0.726. The fourth-order valence-corrected chi connectivity index (χ4v) is 1.18. The van der Waals surface area contributed by atoms with Gasteiger partial charge in [-0.2, -0.15) is 5.10 Å². The number of nitrogens with zero attached hydrogens (tertiary/aromatic N) is 2. The van der Waals surface area contributed by atoms with E-state index in [0.717, 1.165) is 11.3 Å². The lowest BCUT2D eigenvalue weighted by Crippen LogP contribution is -1.91. The van der Waals surface area contributed by atoms with E-state index in [1.807, 2.05) is 6.07 Å². The van der Waals surface area contributed by atoms with Crippen LogP contribution in [-0.4, -0.2) is 15.2 Å². The molecule has 2 heterocycles. The monoisotopic (exact) mass is 194 g/mol. The minimum absolute atomic E-state index is 0.338. The Bertz CT molecular complexity index is 410.